The molecule has 2 aromatic heterocycles. The highest BCUT2D eigenvalue weighted by molar-refractivity contribution is 7.98. The molecule has 0 aromatic carbocycles. The third-order valence-electron chi connectivity index (χ3n) is 2.30. The second-order valence-electron chi connectivity index (χ2n) is 3.61. The van der Waals surface area contributed by atoms with Crippen LogP contribution in [0.3, 0.4) is 0 Å². The van der Waals surface area contributed by atoms with Crippen LogP contribution in [0.4, 0.5) is 11.6 Å². The third kappa shape index (κ3) is 3.58. The number of anilines is 2. The lowest BCUT2D eigenvalue weighted by molar-refractivity contribution is 0.0600. The van der Waals surface area contributed by atoms with Crippen LogP contribution < -0.4 is 5.32 Å². The van der Waals surface area contributed by atoms with Gasteiger partial charge in [0.1, 0.15) is 16.8 Å². The fraction of sp³-hybridized carbons (Fsp3) is 0.167. The number of rotatable bonds is 4. The number of aromatic nitrogens is 3. The number of carbonyl (C=O) groups is 1. The molecule has 0 aliphatic rings. The lowest BCUT2D eigenvalue weighted by atomic mass is 10.3. The van der Waals surface area contributed by atoms with Crippen LogP contribution in [-0.2, 0) is 4.74 Å². The molecule has 2 heterocycles. The van der Waals surface area contributed by atoms with E-state index in [1.165, 1.54) is 25.1 Å². The van der Waals surface area contributed by atoms with Crippen molar-refractivity contribution in [3.05, 3.63) is 35.1 Å². The molecule has 2 aromatic rings. The summed E-state index contributed by atoms with van der Waals surface area (Å²) in [6, 6.07) is 4.86. The predicted molar refractivity (Wildman–Crippen MR) is 77.7 cm³/mol. The molecule has 0 unspecified atom stereocenters. The minimum atomic E-state index is -0.432. The van der Waals surface area contributed by atoms with Gasteiger partial charge >= 0.3 is 5.97 Å². The number of pyridine rings is 1. The highest BCUT2D eigenvalue weighted by Crippen LogP contribution is 2.20. The van der Waals surface area contributed by atoms with E-state index in [1.54, 1.807) is 18.2 Å². The molecular weight excluding hydrogens is 300 g/mol. The van der Waals surface area contributed by atoms with Gasteiger partial charge in [-0.05, 0) is 18.4 Å². The van der Waals surface area contributed by atoms with Gasteiger partial charge in [0, 0.05) is 12.3 Å². The molecule has 0 saturated carbocycles. The zero-order chi connectivity index (χ0) is 14.5. The number of halogens is 1. The van der Waals surface area contributed by atoms with Crippen LogP contribution in [0.25, 0.3) is 0 Å². The average Bonchev–Trinajstić information content (AvgIpc) is 2.46. The van der Waals surface area contributed by atoms with Crippen molar-refractivity contribution in [3.63, 3.8) is 0 Å². The number of carbonyl (C=O) groups excluding carboxylic acids is 1. The van der Waals surface area contributed by atoms with E-state index in [2.05, 4.69) is 25.0 Å². The van der Waals surface area contributed by atoms with E-state index >= 15 is 0 Å². The first kappa shape index (κ1) is 14.5. The highest BCUT2D eigenvalue weighted by Gasteiger charge is 2.07. The van der Waals surface area contributed by atoms with Crippen LogP contribution >= 0.6 is 23.4 Å². The third-order valence-corrected chi connectivity index (χ3v) is 3.04. The molecule has 0 radical (unpaired) electrons. The van der Waals surface area contributed by atoms with Crippen LogP contribution in [0, 0.1) is 0 Å². The Hall–Kier alpha value is -1.86. The van der Waals surface area contributed by atoms with Crippen molar-refractivity contribution in [1.29, 1.82) is 0 Å². The Morgan fingerprint density at radius 1 is 1.35 bits per heavy atom. The Labute approximate surface area is 124 Å². The van der Waals surface area contributed by atoms with Gasteiger partial charge in [-0.1, -0.05) is 23.4 Å². The standard InChI is InChI=1S/C12H11ClN4O2S/c1-19-11(18)7-3-4-9(14-6-7)16-10-5-8(13)15-12(17-10)20-2/h3-6H,1-2H3,(H,14,15,16,17). The molecule has 0 saturated heterocycles. The number of hydrogen-bond acceptors (Lipinski definition) is 7. The summed E-state index contributed by atoms with van der Waals surface area (Å²) in [5.74, 6) is 0.644. The van der Waals surface area contributed by atoms with E-state index in [0.717, 1.165) is 0 Å². The number of ether oxygens (including phenoxy) is 1. The van der Waals surface area contributed by atoms with Crippen molar-refractivity contribution >= 4 is 41.0 Å². The van der Waals surface area contributed by atoms with Gasteiger partial charge in [0.15, 0.2) is 5.16 Å². The summed E-state index contributed by atoms with van der Waals surface area (Å²) >= 11 is 7.28. The number of thioether (sulfide) groups is 1. The first-order chi connectivity index (χ1) is 9.62. The average molecular weight is 311 g/mol. The van der Waals surface area contributed by atoms with Gasteiger partial charge in [0.25, 0.3) is 0 Å². The van der Waals surface area contributed by atoms with Gasteiger partial charge in [-0.3, -0.25) is 0 Å². The van der Waals surface area contributed by atoms with Crippen LogP contribution in [-0.4, -0.2) is 34.3 Å². The molecule has 8 heteroatoms. The van der Waals surface area contributed by atoms with Gasteiger partial charge in [-0.15, -0.1) is 0 Å². The topological polar surface area (TPSA) is 77.0 Å². The molecule has 0 amide bonds. The zero-order valence-corrected chi connectivity index (χ0v) is 12.3. The largest absolute Gasteiger partial charge is 0.465 e. The molecule has 0 aliphatic heterocycles. The Bertz CT molecular complexity index is 621. The number of nitrogens with zero attached hydrogens (tertiary/aromatic N) is 3. The fourth-order valence-electron chi connectivity index (χ4n) is 1.39. The van der Waals surface area contributed by atoms with Crippen molar-refractivity contribution in [2.45, 2.75) is 5.16 Å². The molecule has 1 N–H and O–H groups in total. The van der Waals surface area contributed by atoms with Crippen molar-refractivity contribution in [2.24, 2.45) is 0 Å². The second-order valence-corrected chi connectivity index (χ2v) is 4.77. The SMILES string of the molecule is COC(=O)c1ccc(Nc2cc(Cl)nc(SC)n2)nc1. The van der Waals surface area contributed by atoms with Crippen LogP contribution in [0.2, 0.25) is 5.15 Å². The maximum absolute atomic E-state index is 11.3. The molecule has 0 atom stereocenters. The van der Waals surface area contributed by atoms with E-state index in [1.807, 2.05) is 6.26 Å². The Morgan fingerprint density at radius 2 is 2.15 bits per heavy atom. The molecule has 2 rings (SSSR count). The fourth-order valence-corrected chi connectivity index (χ4v) is 2.00. The van der Waals surface area contributed by atoms with Gasteiger partial charge in [-0.25, -0.2) is 19.7 Å². The number of esters is 1. The summed E-state index contributed by atoms with van der Waals surface area (Å²) in [6.07, 6.45) is 3.28. The molecule has 0 fully saturated rings. The number of nitrogens with one attached hydrogen (secondary N) is 1. The van der Waals surface area contributed by atoms with Crippen LogP contribution in [0.1, 0.15) is 10.4 Å². The first-order valence-corrected chi connectivity index (χ1v) is 7.12. The first-order valence-electron chi connectivity index (χ1n) is 5.52. The summed E-state index contributed by atoms with van der Waals surface area (Å²) in [7, 11) is 1.32. The summed E-state index contributed by atoms with van der Waals surface area (Å²) in [5.41, 5.74) is 0.378. The number of methoxy groups -OCH3 is 1. The van der Waals surface area contributed by atoms with Crippen molar-refractivity contribution < 1.29 is 9.53 Å². The lowest BCUT2D eigenvalue weighted by Crippen LogP contribution is -2.03. The quantitative estimate of drug-likeness (QED) is 0.402. The van der Waals surface area contributed by atoms with E-state index in [0.29, 0.717) is 27.5 Å². The minimum absolute atomic E-state index is 0.345. The van der Waals surface area contributed by atoms with Gasteiger partial charge in [0.2, 0.25) is 0 Å². The molecular formula is C12H11ClN4O2S. The monoisotopic (exact) mass is 310 g/mol. The van der Waals surface area contributed by atoms with Gasteiger partial charge in [0.05, 0.1) is 12.7 Å². The van der Waals surface area contributed by atoms with Gasteiger partial charge in [-0.2, -0.15) is 0 Å². The highest BCUT2D eigenvalue weighted by atomic mass is 35.5. The van der Waals surface area contributed by atoms with Crippen LogP contribution in [0.5, 0.6) is 0 Å². The molecule has 6 nitrogen and oxygen atoms in total. The van der Waals surface area contributed by atoms with E-state index in [4.69, 9.17) is 11.6 Å². The molecule has 0 bridgehead atoms. The number of hydrogen-bond donors (Lipinski definition) is 1. The van der Waals surface area contributed by atoms with Crippen LogP contribution in [0.15, 0.2) is 29.6 Å². The van der Waals surface area contributed by atoms with E-state index < -0.39 is 5.97 Å². The summed E-state index contributed by atoms with van der Waals surface area (Å²) in [4.78, 5) is 23.7. The smallest absolute Gasteiger partial charge is 0.339 e. The Balaban J connectivity index is 2.17. The molecule has 20 heavy (non-hydrogen) atoms. The van der Waals surface area contributed by atoms with E-state index in [-0.39, 0.29) is 0 Å². The lowest BCUT2D eigenvalue weighted by Gasteiger charge is -2.06. The van der Waals surface area contributed by atoms with Crippen molar-refractivity contribution in [2.75, 3.05) is 18.7 Å². The summed E-state index contributed by atoms with van der Waals surface area (Å²) < 4.78 is 4.60. The maximum Gasteiger partial charge on any atom is 0.339 e. The van der Waals surface area contributed by atoms with E-state index in [9.17, 15) is 4.79 Å². The van der Waals surface area contributed by atoms with Crippen molar-refractivity contribution in [3.8, 4) is 0 Å². The maximum atomic E-state index is 11.3. The summed E-state index contributed by atoms with van der Waals surface area (Å²) in [6.45, 7) is 0. The predicted octanol–water partition coefficient (Wildman–Crippen LogP) is 2.78. The zero-order valence-electron chi connectivity index (χ0n) is 10.8. The minimum Gasteiger partial charge on any atom is -0.465 e. The van der Waals surface area contributed by atoms with Crippen molar-refractivity contribution in [1.82, 2.24) is 15.0 Å². The molecule has 0 aliphatic carbocycles. The molecule has 0 spiro atoms. The Kier molecular flexibility index (Phi) is 4.75. The Morgan fingerprint density at radius 3 is 2.75 bits per heavy atom. The normalized spacial score (nSPS) is 10.2. The second kappa shape index (κ2) is 6.53. The summed E-state index contributed by atoms with van der Waals surface area (Å²) in [5, 5.41) is 3.90. The molecule has 104 valence electrons. The van der Waals surface area contributed by atoms with Gasteiger partial charge < -0.3 is 10.1 Å².